The van der Waals surface area contributed by atoms with Crippen LogP contribution in [0, 0.1) is 3.57 Å². The number of hydrogen-bond donors (Lipinski definition) is 2. The molecule has 18 heavy (non-hydrogen) atoms. The second-order valence-electron chi connectivity index (χ2n) is 3.58. The predicted octanol–water partition coefficient (Wildman–Crippen LogP) is 3.96. The Morgan fingerprint density at radius 1 is 1.44 bits per heavy atom. The molecule has 0 radical (unpaired) electrons. The zero-order valence-electron chi connectivity index (χ0n) is 9.11. The second kappa shape index (κ2) is 5.75. The van der Waals surface area contributed by atoms with Crippen LogP contribution in [0.25, 0.3) is 0 Å². The van der Waals surface area contributed by atoms with Gasteiger partial charge in [-0.2, -0.15) is 0 Å². The molecule has 0 aliphatic carbocycles. The summed E-state index contributed by atoms with van der Waals surface area (Å²) in [6.45, 7) is 0.436. The highest BCUT2D eigenvalue weighted by Gasteiger charge is 2.08. The zero-order valence-corrected chi connectivity index (χ0v) is 12.9. The van der Waals surface area contributed by atoms with Gasteiger partial charge in [0.2, 0.25) is 0 Å². The van der Waals surface area contributed by atoms with Gasteiger partial charge in [-0.15, -0.1) is 0 Å². The molecule has 6 heteroatoms. The van der Waals surface area contributed by atoms with Gasteiger partial charge in [0.05, 0.1) is 12.1 Å². The SMILES string of the molecule is O=C(O)c1coc(CNc2cc(I)ccc2Br)c1. The van der Waals surface area contributed by atoms with Gasteiger partial charge in [-0.05, 0) is 62.8 Å². The first-order valence-electron chi connectivity index (χ1n) is 5.06. The normalized spacial score (nSPS) is 10.3. The summed E-state index contributed by atoms with van der Waals surface area (Å²) >= 11 is 5.67. The average molecular weight is 422 g/mol. The number of carbonyl (C=O) groups is 1. The van der Waals surface area contributed by atoms with E-state index in [-0.39, 0.29) is 5.56 Å². The van der Waals surface area contributed by atoms with Crippen LogP contribution in [-0.2, 0) is 6.54 Å². The smallest absolute Gasteiger partial charge is 0.338 e. The van der Waals surface area contributed by atoms with E-state index in [0.29, 0.717) is 12.3 Å². The maximum absolute atomic E-state index is 10.7. The first kappa shape index (κ1) is 13.4. The van der Waals surface area contributed by atoms with Crippen LogP contribution in [0.5, 0.6) is 0 Å². The van der Waals surface area contributed by atoms with E-state index in [1.165, 1.54) is 12.3 Å². The van der Waals surface area contributed by atoms with Crippen LogP contribution in [0.15, 0.2) is 39.4 Å². The van der Waals surface area contributed by atoms with Gasteiger partial charge in [0.1, 0.15) is 12.0 Å². The number of halogens is 2. The third-order valence-electron chi connectivity index (χ3n) is 2.28. The molecule has 1 aromatic heterocycles. The molecule has 0 atom stereocenters. The maximum atomic E-state index is 10.7. The first-order chi connectivity index (χ1) is 8.56. The Hall–Kier alpha value is -1.02. The van der Waals surface area contributed by atoms with Crippen molar-refractivity contribution < 1.29 is 14.3 Å². The Morgan fingerprint density at radius 2 is 2.22 bits per heavy atom. The quantitative estimate of drug-likeness (QED) is 0.733. The van der Waals surface area contributed by atoms with Gasteiger partial charge in [0.15, 0.2) is 0 Å². The summed E-state index contributed by atoms with van der Waals surface area (Å²) in [4.78, 5) is 10.7. The number of benzene rings is 1. The average Bonchev–Trinajstić information content (AvgIpc) is 2.79. The van der Waals surface area contributed by atoms with Gasteiger partial charge in [-0.1, -0.05) is 0 Å². The lowest BCUT2D eigenvalue weighted by Gasteiger charge is -2.07. The van der Waals surface area contributed by atoms with Crippen LogP contribution in [0.4, 0.5) is 5.69 Å². The molecule has 0 fully saturated rings. The van der Waals surface area contributed by atoms with Crippen molar-refractivity contribution in [3.63, 3.8) is 0 Å². The van der Waals surface area contributed by atoms with E-state index < -0.39 is 5.97 Å². The molecular formula is C12H9BrINO3. The van der Waals surface area contributed by atoms with Crippen molar-refractivity contribution in [2.24, 2.45) is 0 Å². The lowest BCUT2D eigenvalue weighted by Crippen LogP contribution is -1.99. The lowest BCUT2D eigenvalue weighted by molar-refractivity contribution is 0.0696. The number of furan rings is 1. The molecule has 0 saturated carbocycles. The molecule has 0 spiro atoms. The summed E-state index contributed by atoms with van der Waals surface area (Å²) in [6, 6.07) is 7.45. The zero-order chi connectivity index (χ0) is 13.1. The van der Waals surface area contributed by atoms with Gasteiger partial charge < -0.3 is 14.8 Å². The molecule has 2 rings (SSSR count). The van der Waals surface area contributed by atoms with Gasteiger partial charge in [-0.25, -0.2) is 4.79 Å². The summed E-state index contributed by atoms with van der Waals surface area (Å²) in [5.74, 6) is -0.404. The Bertz CT molecular complexity index is 582. The molecule has 2 aromatic rings. The van der Waals surface area contributed by atoms with E-state index in [1.54, 1.807) is 0 Å². The molecule has 1 heterocycles. The van der Waals surface area contributed by atoms with E-state index in [1.807, 2.05) is 18.2 Å². The number of rotatable bonds is 4. The molecule has 4 nitrogen and oxygen atoms in total. The molecule has 0 amide bonds. The Balaban J connectivity index is 2.06. The van der Waals surface area contributed by atoms with E-state index in [4.69, 9.17) is 9.52 Å². The van der Waals surface area contributed by atoms with Gasteiger partial charge in [0, 0.05) is 13.7 Å². The summed E-state index contributed by atoms with van der Waals surface area (Å²) in [5.41, 5.74) is 1.10. The monoisotopic (exact) mass is 421 g/mol. The highest BCUT2D eigenvalue weighted by Crippen LogP contribution is 2.25. The van der Waals surface area contributed by atoms with Gasteiger partial charge in [0.25, 0.3) is 0 Å². The predicted molar refractivity (Wildman–Crippen MR) is 79.9 cm³/mol. The summed E-state index contributed by atoms with van der Waals surface area (Å²) in [5, 5.41) is 12.0. The van der Waals surface area contributed by atoms with E-state index >= 15 is 0 Å². The number of hydrogen-bond acceptors (Lipinski definition) is 3. The van der Waals surface area contributed by atoms with Crippen LogP contribution in [0.3, 0.4) is 0 Å². The fourth-order valence-corrected chi connectivity index (χ4v) is 2.28. The van der Waals surface area contributed by atoms with E-state index in [9.17, 15) is 4.79 Å². The molecule has 0 unspecified atom stereocenters. The topological polar surface area (TPSA) is 62.5 Å². The summed E-state index contributed by atoms with van der Waals surface area (Å²) in [7, 11) is 0. The van der Waals surface area contributed by atoms with Crippen molar-refractivity contribution in [1.82, 2.24) is 0 Å². The standard InChI is InChI=1S/C12H9BrINO3/c13-10-2-1-8(14)4-11(10)15-5-9-3-7(6-18-9)12(16)17/h1-4,6,15H,5H2,(H,16,17). The summed E-state index contributed by atoms with van der Waals surface area (Å²) < 4.78 is 7.22. The largest absolute Gasteiger partial charge is 0.478 e. The molecule has 2 N–H and O–H groups in total. The van der Waals surface area contributed by atoms with Crippen molar-refractivity contribution in [2.75, 3.05) is 5.32 Å². The molecular weight excluding hydrogens is 413 g/mol. The van der Waals surface area contributed by atoms with Crippen molar-refractivity contribution in [3.8, 4) is 0 Å². The van der Waals surface area contributed by atoms with Crippen LogP contribution in [0.1, 0.15) is 16.1 Å². The fraction of sp³-hybridized carbons (Fsp3) is 0.0833. The van der Waals surface area contributed by atoms with Gasteiger partial charge >= 0.3 is 5.97 Å². The molecule has 0 aliphatic rings. The van der Waals surface area contributed by atoms with E-state index in [2.05, 4.69) is 43.8 Å². The van der Waals surface area contributed by atoms with Crippen LogP contribution >= 0.6 is 38.5 Å². The Morgan fingerprint density at radius 3 is 2.89 bits per heavy atom. The highest BCUT2D eigenvalue weighted by molar-refractivity contribution is 14.1. The summed E-state index contributed by atoms with van der Waals surface area (Å²) in [6.07, 6.45) is 1.24. The number of anilines is 1. The fourth-order valence-electron chi connectivity index (χ4n) is 1.40. The molecule has 94 valence electrons. The minimum absolute atomic E-state index is 0.161. The van der Waals surface area contributed by atoms with Crippen LogP contribution < -0.4 is 5.32 Å². The van der Waals surface area contributed by atoms with Crippen LogP contribution in [-0.4, -0.2) is 11.1 Å². The molecule has 0 aliphatic heterocycles. The molecule has 1 aromatic carbocycles. The minimum Gasteiger partial charge on any atom is -0.478 e. The Kier molecular flexibility index (Phi) is 4.28. The van der Waals surface area contributed by atoms with Gasteiger partial charge in [-0.3, -0.25) is 0 Å². The maximum Gasteiger partial charge on any atom is 0.338 e. The van der Waals surface area contributed by atoms with Crippen LogP contribution in [0.2, 0.25) is 0 Å². The van der Waals surface area contributed by atoms with E-state index in [0.717, 1.165) is 13.7 Å². The van der Waals surface area contributed by atoms with Crippen molar-refractivity contribution in [2.45, 2.75) is 6.54 Å². The number of carboxylic acid groups (broad SMARTS) is 1. The number of aromatic carboxylic acids is 1. The molecule has 0 saturated heterocycles. The second-order valence-corrected chi connectivity index (χ2v) is 5.68. The highest BCUT2D eigenvalue weighted by atomic mass is 127. The minimum atomic E-state index is -0.986. The van der Waals surface area contributed by atoms with Crippen molar-refractivity contribution in [3.05, 3.63) is 49.9 Å². The van der Waals surface area contributed by atoms with Crippen molar-refractivity contribution >= 4 is 50.2 Å². The van der Waals surface area contributed by atoms with Crippen molar-refractivity contribution in [1.29, 1.82) is 0 Å². The lowest BCUT2D eigenvalue weighted by atomic mass is 10.3. The third kappa shape index (κ3) is 3.26. The number of nitrogens with one attached hydrogen (secondary N) is 1. The third-order valence-corrected chi connectivity index (χ3v) is 3.64. The molecule has 0 bridgehead atoms. The first-order valence-corrected chi connectivity index (χ1v) is 6.93. The Labute approximate surface area is 126 Å². The number of carboxylic acids is 1.